The largest absolute Gasteiger partial charge is 0.317 e. The van der Waals surface area contributed by atoms with Gasteiger partial charge in [-0.1, -0.05) is 13.8 Å². The number of pyridine rings is 2. The first-order valence-electron chi connectivity index (χ1n) is 5.52. The highest BCUT2D eigenvalue weighted by molar-refractivity contribution is 5.81. The molecule has 2 heterocycles. The monoisotopic (exact) mass is 243 g/mol. The molecule has 3 N–H and O–H groups in total. The molecule has 0 bridgehead atoms. The van der Waals surface area contributed by atoms with Gasteiger partial charge in [0.1, 0.15) is 6.04 Å². The minimum Gasteiger partial charge on any atom is -0.317 e. The van der Waals surface area contributed by atoms with E-state index in [4.69, 9.17) is 16.4 Å². The van der Waals surface area contributed by atoms with Crippen molar-refractivity contribution in [3.63, 3.8) is 0 Å². The fourth-order valence-electron chi connectivity index (χ4n) is 1.32. The Morgan fingerprint density at radius 1 is 1.39 bits per heavy atom. The fourth-order valence-corrected chi connectivity index (χ4v) is 1.32. The Balaban J connectivity index is 0.000000659. The minimum absolute atomic E-state index is 0.666. The lowest BCUT2D eigenvalue weighted by atomic mass is 10.1. The van der Waals surface area contributed by atoms with Crippen LogP contribution in [-0.4, -0.2) is 16.7 Å². The molecule has 5 heteroatoms. The van der Waals surface area contributed by atoms with Gasteiger partial charge in [0.2, 0.25) is 0 Å². The summed E-state index contributed by atoms with van der Waals surface area (Å²) in [5.74, 6) is 0. The Morgan fingerprint density at radius 3 is 2.67 bits per heavy atom. The number of fused-ring (bicyclic) bond motifs is 1. The Kier molecular flexibility index (Phi) is 7.66. The Labute approximate surface area is 107 Å². The van der Waals surface area contributed by atoms with Gasteiger partial charge >= 0.3 is 0 Å². The van der Waals surface area contributed by atoms with Gasteiger partial charge in [-0.05, 0) is 18.9 Å². The molecule has 2 rings (SSSR count). The third kappa shape index (κ3) is 3.61. The first kappa shape index (κ1) is 15.7. The van der Waals surface area contributed by atoms with Crippen molar-refractivity contribution < 1.29 is 0 Å². The van der Waals surface area contributed by atoms with Gasteiger partial charge < -0.3 is 11.1 Å². The van der Waals surface area contributed by atoms with E-state index in [9.17, 15) is 0 Å². The number of hydrogen-bond acceptors (Lipinski definition) is 5. The van der Waals surface area contributed by atoms with Crippen LogP contribution in [0.4, 0.5) is 0 Å². The van der Waals surface area contributed by atoms with Crippen molar-refractivity contribution in [1.82, 2.24) is 9.97 Å². The minimum atomic E-state index is -0.666. The molecule has 0 fully saturated rings. The molecule has 0 saturated heterocycles. The zero-order valence-electron chi connectivity index (χ0n) is 10.6. The molecule has 1 atom stereocenters. The van der Waals surface area contributed by atoms with Crippen molar-refractivity contribution in [3.8, 4) is 6.07 Å². The summed E-state index contributed by atoms with van der Waals surface area (Å²) in [5, 5.41) is 15.1. The van der Waals surface area contributed by atoms with Crippen LogP contribution in [0, 0.1) is 16.7 Å². The smallest absolute Gasteiger partial charge is 0.122 e. The van der Waals surface area contributed by atoms with Gasteiger partial charge in [-0.3, -0.25) is 9.97 Å². The lowest BCUT2D eigenvalue weighted by Crippen LogP contribution is -2.08. The average Bonchev–Trinajstić information content (AvgIpc) is 2.50. The molecule has 2 aromatic heterocycles. The molecule has 0 radical (unpaired) electrons. The van der Waals surface area contributed by atoms with Gasteiger partial charge in [0.25, 0.3) is 0 Å². The van der Waals surface area contributed by atoms with Crippen LogP contribution in [0.2, 0.25) is 0 Å². The van der Waals surface area contributed by atoms with Gasteiger partial charge in [-0.25, -0.2) is 0 Å². The number of nitriles is 1. The summed E-state index contributed by atoms with van der Waals surface area (Å²) in [7, 11) is 0. The predicted molar refractivity (Wildman–Crippen MR) is 73.3 cm³/mol. The summed E-state index contributed by atoms with van der Waals surface area (Å²) in [6.07, 6.45) is 4.97. The summed E-state index contributed by atoms with van der Waals surface area (Å²) < 4.78 is 0. The molecule has 0 aliphatic rings. The fraction of sp³-hybridized carbons (Fsp3) is 0.231. The molecule has 18 heavy (non-hydrogen) atoms. The van der Waals surface area contributed by atoms with Gasteiger partial charge in [-0.15, -0.1) is 0 Å². The van der Waals surface area contributed by atoms with Crippen LogP contribution in [0.15, 0.2) is 30.7 Å². The van der Waals surface area contributed by atoms with Crippen molar-refractivity contribution in [3.05, 3.63) is 36.3 Å². The van der Waals surface area contributed by atoms with E-state index in [-0.39, 0.29) is 0 Å². The molecule has 94 valence electrons. The number of nitrogens with one attached hydrogen (secondary N) is 1. The highest BCUT2D eigenvalue weighted by atomic mass is 14.7. The lowest BCUT2D eigenvalue weighted by molar-refractivity contribution is 0.923. The highest BCUT2D eigenvalue weighted by Gasteiger charge is 2.09. The maximum absolute atomic E-state index is 8.72. The van der Waals surface area contributed by atoms with Crippen LogP contribution in [-0.2, 0) is 0 Å². The Hall–Kier alpha value is -2.32. The number of aromatic nitrogens is 2. The van der Waals surface area contributed by atoms with E-state index in [1.165, 1.54) is 0 Å². The van der Waals surface area contributed by atoms with Crippen LogP contribution < -0.4 is 5.73 Å². The molecule has 0 spiro atoms. The molecule has 0 saturated carbocycles. The summed E-state index contributed by atoms with van der Waals surface area (Å²) >= 11 is 0. The van der Waals surface area contributed by atoms with Gasteiger partial charge in [0, 0.05) is 29.5 Å². The Morgan fingerprint density at radius 2 is 2.06 bits per heavy atom. The Bertz CT molecular complexity index is 513. The molecular weight excluding hydrogens is 226 g/mol. The van der Waals surface area contributed by atoms with E-state index >= 15 is 0 Å². The average molecular weight is 243 g/mol. The maximum Gasteiger partial charge on any atom is 0.122 e. The number of hydrogen-bond donors (Lipinski definition) is 2. The summed E-state index contributed by atoms with van der Waals surface area (Å²) in [6.45, 7) is 6.50. The molecule has 2 aromatic rings. The molecule has 0 amide bonds. The third-order valence-electron chi connectivity index (χ3n) is 2.01. The summed E-state index contributed by atoms with van der Waals surface area (Å²) in [4.78, 5) is 8.19. The quantitative estimate of drug-likeness (QED) is 0.751. The first-order chi connectivity index (χ1) is 8.83. The van der Waals surface area contributed by atoms with E-state index in [0.717, 1.165) is 10.9 Å². The van der Waals surface area contributed by atoms with E-state index in [2.05, 4.69) is 16.7 Å². The van der Waals surface area contributed by atoms with Crippen LogP contribution >= 0.6 is 0 Å². The molecule has 1 unspecified atom stereocenters. The zero-order chi connectivity index (χ0) is 14.0. The zero-order valence-corrected chi connectivity index (χ0v) is 10.6. The topological polar surface area (TPSA) is 99.4 Å². The second-order valence-electron chi connectivity index (χ2n) is 2.91. The second-order valence-corrected chi connectivity index (χ2v) is 2.91. The van der Waals surface area contributed by atoms with Crippen molar-refractivity contribution in [1.29, 1.82) is 10.7 Å². The van der Waals surface area contributed by atoms with E-state index in [0.29, 0.717) is 5.56 Å². The van der Waals surface area contributed by atoms with Crippen molar-refractivity contribution >= 4 is 17.6 Å². The van der Waals surface area contributed by atoms with Crippen LogP contribution in [0.3, 0.4) is 0 Å². The van der Waals surface area contributed by atoms with Crippen molar-refractivity contribution in [2.75, 3.05) is 0 Å². The maximum atomic E-state index is 8.72. The van der Waals surface area contributed by atoms with Crippen LogP contribution in [0.5, 0.6) is 0 Å². The summed E-state index contributed by atoms with van der Waals surface area (Å²) in [5.41, 5.74) is 7.04. The van der Waals surface area contributed by atoms with E-state index in [1.54, 1.807) is 18.6 Å². The van der Waals surface area contributed by atoms with Gasteiger partial charge in [0.05, 0.1) is 11.6 Å². The molecule has 0 aliphatic heterocycles. The van der Waals surface area contributed by atoms with Crippen molar-refractivity contribution in [2.45, 2.75) is 19.9 Å². The van der Waals surface area contributed by atoms with E-state index in [1.807, 2.05) is 32.0 Å². The molecule has 0 aromatic carbocycles. The van der Waals surface area contributed by atoms with E-state index < -0.39 is 6.04 Å². The third-order valence-corrected chi connectivity index (χ3v) is 2.01. The number of rotatable bonds is 1. The first-order valence-corrected chi connectivity index (χ1v) is 5.52. The second kappa shape index (κ2) is 8.79. The molecule has 5 nitrogen and oxygen atoms in total. The molecule has 0 aliphatic carbocycles. The normalized spacial score (nSPS) is 10.1. The standard InChI is InChI=1S/C10H8N4.C2H6.CH3N/c11-4-9(12)8-6-13-5-7-2-1-3-14-10(7)8;2*1-2/h1-3,5-6,9H,12H2;1-2H3;2H,1H2. The van der Waals surface area contributed by atoms with Crippen LogP contribution in [0.1, 0.15) is 25.5 Å². The highest BCUT2D eigenvalue weighted by Crippen LogP contribution is 2.18. The SMILES string of the molecule is C=N.CC.N#CC(N)c1cncc2cccnc12. The number of nitrogens with zero attached hydrogens (tertiary/aromatic N) is 3. The summed E-state index contributed by atoms with van der Waals surface area (Å²) in [6, 6.07) is 5.02. The van der Waals surface area contributed by atoms with Crippen molar-refractivity contribution in [2.24, 2.45) is 5.73 Å². The van der Waals surface area contributed by atoms with Gasteiger partial charge in [-0.2, -0.15) is 5.26 Å². The molecular formula is C13H17N5. The number of nitrogens with two attached hydrogens (primary N) is 1. The predicted octanol–water partition coefficient (Wildman–Crippen LogP) is 2.45. The van der Waals surface area contributed by atoms with Crippen LogP contribution in [0.25, 0.3) is 10.9 Å². The lowest BCUT2D eigenvalue weighted by Gasteiger charge is -2.05. The van der Waals surface area contributed by atoms with Gasteiger partial charge in [0.15, 0.2) is 0 Å².